The number of carbonyl (C=O) groups excluding carboxylic acids is 2. The van der Waals surface area contributed by atoms with Crippen LogP contribution in [0.3, 0.4) is 0 Å². The Bertz CT molecular complexity index is 1040. The van der Waals surface area contributed by atoms with Crippen LogP contribution in [-0.2, 0) is 16.1 Å². The highest BCUT2D eigenvalue weighted by Crippen LogP contribution is 2.33. The van der Waals surface area contributed by atoms with Crippen molar-refractivity contribution in [3.8, 4) is 11.5 Å². The third-order valence-corrected chi connectivity index (χ3v) is 5.84. The van der Waals surface area contributed by atoms with Gasteiger partial charge in [0.25, 0.3) is 5.91 Å². The van der Waals surface area contributed by atoms with Gasteiger partial charge >= 0.3 is 0 Å². The molecule has 2 N–H and O–H groups in total. The minimum absolute atomic E-state index is 0.00986. The molecule has 1 fully saturated rings. The largest absolute Gasteiger partial charge is 0.454 e. The summed E-state index contributed by atoms with van der Waals surface area (Å²) in [6.07, 6.45) is 4.05. The van der Waals surface area contributed by atoms with Crippen molar-refractivity contribution in [3.63, 3.8) is 0 Å². The molecule has 2 aromatic carbocycles. The molecule has 5 rings (SSSR count). The number of fused-ring (bicyclic) bond motifs is 2. The first kappa shape index (κ1) is 19.7. The second-order valence-electron chi connectivity index (χ2n) is 7.62. The SMILES string of the molecule is O=C(CN1C=CN2NC(c3ccc(Cl)cc3)CC2C1=O)NCc1ccc2c(c1)OCO2. The summed E-state index contributed by atoms with van der Waals surface area (Å²) in [4.78, 5) is 26.8. The van der Waals surface area contributed by atoms with Gasteiger partial charge in [-0.15, -0.1) is 0 Å². The maximum atomic E-state index is 12.9. The number of hydrazine groups is 1. The molecular weight excluding hydrogens is 420 g/mol. The van der Waals surface area contributed by atoms with E-state index in [0.29, 0.717) is 29.5 Å². The maximum Gasteiger partial charge on any atom is 0.251 e. The number of halogens is 1. The molecule has 1 saturated heterocycles. The van der Waals surface area contributed by atoms with Crippen LogP contribution in [0.15, 0.2) is 54.9 Å². The van der Waals surface area contributed by atoms with E-state index in [1.54, 1.807) is 12.4 Å². The molecule has 0 radical (unpaired) electrons. The molecule has 0 spiro atoms. The first-order chi connectivity index (χ1) is 15.1. The summed E-state index contributed by atoms with van der Waals surface area (Å²) < 4.78 is 10.6. The molecule has 0 saturated carbocycles. The number of hydrogen-bond donors (Lipinski definition) is 2. The molecular formula is C22H21ClN4O4. The van der Waals surface area contributed by atoms with E-state index in [1.165, 1.54) is 4.90 Å². The van der Waals surface area contributed by atoms with Crippen molar-refractivity contribution >= 4 is 23.4 Å². The van der Waals surface area contributed by atoms with Gasteiger partial charge in [0.05, 0.1) is 6.04 Å². The van der Waals surface area contributed by atoms with E-state index in [0.717, 1.165) is 11.1 Å². The molecule has 0 aromatic heterocycles. The summed E-state index contributed by atoms with van der Waals surface area (Å²) in [5.41, 5.74) is 5.29. The van der Waals surface area contributed by atoms with Gasteiger partial charge in [-0.05, 0) is 41.8 Å². The van der Waals surface area contributed by atoms with Gasteiger partial charge in [0, 0.05) is 24.0 Å². The van der Waals surface area contributed by atoms with Gasteiger partial charge < -0.3 is 24.7 Å². The van der Waals surface area contributed by atoms with E-state index in [1.807, 2.05) is 47.5 Å². The van der Waals surface area contributed by atoms with Crippen LogP contribution in [0.2, 0.25) is 5.02 Å². The monoisotopic (exact) mass is 440 g/mol. The molecule has 2 aromatic rings. The third kappa shape index (κ3) is 4.04. The fourth-order valence-electron chi connectivity index (χ4n) is 3.94. The molecule has 2 atom stereocenters. The van der Waals surface area contributed by atoms with Crippen LogP contribution in [0.4, 0.5) is 0 Å². The van der Waals surface area contributed by atoms with E-state index in [2.05, 4.69) is 10.7 Å². The van der Waals surface area contributed by atoms with E-state index in [9.17, 15) is 9.59 Å². The summed E-state index contributed by atoms with van der Waals surface area (Å²) in [7, 11) is 0. The van der Waals surface area contributed by atoms with Crippen molar-refractivity contribution in [2.75, 3.05) is 13.3 Å². The first-order valence-electron chi connectivity index (χ1n) is 10.0. The molecule has 2 amide bonds. The van der Waals surface area contributed by atoms with E-state index in [-0.39, 0.29) is 37.2 Å². The predicted molar refractivity (Wildman–Crippen MR) is 113 cm³/mol. The Labute approximate surface area is 184 Å². The molecule has 2 unspecified atom stereocenters. The van der Waals surface area contributed by atoms with Crippen LogP contribution < -0.4 is 20.2 Å². The number of nitrogens with zero attached hydrogens (tertiary/aromatic N) is 2. The number of hydrogen-bond acceptors (Lipinski definition) is 6. The Morgan fingerprint density at radius 3 is 2.77 bits per heavy atom. The lowest BCUT2D eigenvalue weighted by molar-refractivity contribution is -0.138. The fraction of sp³-hybridized carbons (Fsp3) is 0.273. The third-order valence-electron chi connectivity index (χ3n) is 5.59. The molecule has 3 heterocycles. The van der Waals surface area contributed by atoms with E-state index < -0.39 is 0 Å². The Morgan fingerprint density at radius 2 is 1.94 bits per heavy atom. The van der Waals surface area contributed by atoms with Crippen LogP contribution >= 0.6 is 11.6 Å². The Hall–Kier alpha value is -3.23. The average Bonchev–Trinajstić information content (AvgIpc) is 3.42. The molecule has 8 nitrogen and oxygen atoms in total. The van der Waals surface area contributed by atoms with E-state index >= 15 is 0 Å². The molecule has 160 valence electrons. The van der Waals surface area contributed by atoms with Crippen LogP contribution in [0, 0.1) is 0 Å². The minimum Gasteiger partial charge on any atom is -0.454 e. The maximum absolute atomic E-state index is 12.9. The summed E-state index contributed by atoms with van der Waals surface area (Å²) >= 11 is 5.97. The van der Waals surface area contributed by atoms with Crippen LogP contribution in [0.25, 0.3) is 0 Å². The highest BCUT2D eigenvalue weighted by molar-refractivity contribution is 6.30. The number of nitrogens with one attached hydrogen (secondary N) is 2. The molecule has 31 heavy (non-hydrogen) atoms. The number of amides is 2. The van der Waals surface area contributed by atoms with Gasteiger partial charge in [-0.3, -0.25) is 9.59 Å². The quantitative estimate of drug-likeness (QED) is 0.742. The average molecular weight is 441 g/mol. The second-order valence-corrected chi connectivity index (χ2v) is 8.06. The van der Waals surface area contributed by atoms with Gasteiger partial charge in [-0.25, -0.2) is 5.43 Å². The smallest absolute Gasteiger partial charge is 0.251 e. The zero-order valence-electron chi connectivity index (χ0n) is 16.6. The first-order valence-corrected chi connectivity index (χ1v) is 10.4. The minimum atomic E-state index is -0.354. The Morgan fingerprint density at radius 1 is 1.13 bits per heavy atom. The summed E-state index contributed by atoms with van der Waals surface area (Å²) in [6.45, 7) is 0.521. The summed E-state index contributed by atoms with van der Waals surface area (Å²) in [5, 5.41) is 5.34. The van der Waals surface area contributed by atoms with Crippen molar-refractivity contribution in [3.05, 3.63) is 71.0 Å². The fourth-order valence-corrected chi connectivity index (χ4v) is 4.07. The predicted octanol–water partition coefficient (Wildman–Crippen LogP) is 2.32. The van der Waals surface area contributed by atoms with Crippen LogP contribution in [-0.4, -0.2) is 41.1 Å². The van der Waals surface area contributed by atoms with Gasteiger partial charge in [-0.1, -0.05) is 29.8 Å². The van der Waals surface area contributed by atoms with Crippen molar-refractivity contribution in [1.82, 2.24) is 20.7 Å². The van der Waals surface area contributed by atoms with Gasteiger partial charge in [0.15, 0.2) is 11.5 Å². The molecule has 3 aliphatic rings. The molecule has 3 aliphatic heterocycles. The summed E-state index contributed by atoms with van der Waals surface area (Å²) in [5.74, 6) is 1.03. The van der Waals surface area contributed by atoms with Crippen molar-refractivity contribution in [2.24, 2.45) is 0 Å². The summed E-state index contributed by atoms with van der Waals surface area (Å²) in [6, 6.07) is 12.8. The highest BCUT2D eigenvalue weighted by Gasteiger charge is 2.40. The zero-order chi connectivity index (χ0) is 21.4. The van der Waals surface area contributed by atoms with Crippen LogP contribution in [0.5, 0.6) is 11.5 Å². The van der Waals surface area contributed by atoms with E-state index in [4.69, 9.17) is 21.1 Å². The number of benzene rings is 2. The topological polar surface area (TPSA) is 83.1 Å². The highest BCUT2D eigenvalue weighted by atomic mass is 35.5. The molecule has 0 aliphatic carbocycles. The Balaban J connectivity index is 1.17. The van der Waals surface area contributed by atoms with Gasteiger partial charge in [0.1, 0.15) is 12.6 Å². The van der Waals surface area contributed by atoms with Gasteiger partial charge in [-0.2, -0.15) is 0 Å². The van der Waals surface area contributed by atoms with Crippen molar-refractivity contribution < 1.29 is 19.1 Å². The van der Waals surface area contributed by atoms with Crippen LogP contribution in [0.1, 0.15) is 23.6 Å². The zero-order valence-corrected chi connectivity index (χ0v) is 17.3. The lowest BCUT2D eigenvalue weighted by atomic mass is 10.0. The van der Waals surface area contributed by atoms with Crippen molar-refractivity contribution in [1.29, 1.82) is 0 Å². The molecule has 9 heteroatoms. The number of carbonyl (C=O) groups is 2. The van der Waals surface area contributed by atoms with Gasteiger partial charge in [0.2, 0.25) is 12.7 Å². The molecule has 0 bridgehead atoms. The van der Waals surface area contributed by atoms with Crippen molar-refractivity contribution in [2.45, 2.75) is 25.0 Å². The standard InChI is InChI=1S/C22H21ClN4O4/c23-16-4-2-15(3-5-16)17-10-18-22(29)26(7-8-27(18)25-17)12-21(28)24-11-14-1-6-19-20(9-14)31-13-30-19/h1-9,17-18,25H,10-13H2,(H,24,28). The lowest BCUT2D eigenvalue weighted by Gasteiger charge is -2.31. The normalized spacial score (nSPS) is 21.4. The number of rotatable bonds is 5. The Kier molecular flexibility index (Phi) is 5.17. The number of ether oxygens (including phenoxy) is 2. The lowest BCUT2D eigenvalue weighted by Crippen LogP contribution is -2.50. The second kappa shape index (κ2) is 8.13.